The lowest BCUT2D eigenvalue weighted by atomic mass is 10.2. The third-order valence-corrected chi connectivity index (χ3v) is 3.59. The predicted octanol–water partition coefficient (Wildman–Crippen LogP) is 1.29. The van der Waals surface area contributed by atoms with E-state index in [1.165, 1.54) is 12.1 Å². The van der Waals surface area contributed by atoms with Crippen molar-refractivity contribution in [3.63, 3.8) is 0 Å². The first-order chi connectivity index (χ1) is 10.1. The van der Waals surface area contributed by atoms with Crippen LogP contribution in [0.15, 0.2) is 24.3 Å². The number of rotatable bonds is 3. The van der Waals surface area contributed by atoms with Crippen molar-refractivity contribution >= 4 is 34.8 Å². The van der Waals surface area contributed by atoms with Crippen LogP contribution in [0.1, 0.15) is 20.9 Å². The lowest BCUT2D eigenvalue weighted by Crippen LogP contribution is -2.46. The molecule has 0 aliphatic heterocycles. The fourth-order valence-corrected chi connectivity index (χ4v) is 2.11. The van der Waals surface area contributed by atoms with Crippen molar-refractivity contribution in [1.29, 1.82) is 0 Å². The number of amides is 1. The summed E-state index contributed by atoms with van der Waals surface area (Å²) in [4.78, 5) is 12.2. The molecule has 0 spiro atoms. The molecular weight excluding hydrogens is 313 g/mol. The van der Waals surface area contributed by atoms with Gasteiger partial charge in [-0.25, -0.2) is 4.39 Å². The second-order valence-corrected chi connectivity index (χ2v) is 5.24. The van der Waals surface area contributed by atoms with Crippen LogP contribution in [0.25, 0.3) is 0 Å². The van der Waals surface area contributed by atoms with E-state index in [-0.39, 0.29) is 16.8 Å². The standard InChI is InChI=1S/C12H12FN5OS2/c1-7-10(21-18-15-7)11(19)16-17-12(20)14-6-8-2-4-9(13)5-3-8/h2-5H,6H2,1H3,(H,16,19)(H2,14,17,20). The molecule has 110 valence electrons. The summed E-state index contributed by atoms with van der Waals surface area (Å²) < 4.78 is 16.4. The highest BCUT2D eigenvalue weighted by molar-refractivity contribution is 7.80. The van der Waals surface area contributed by atoms with Gasteiger partial charge in [0.25, 0.3) is 5.91 Å². The van der Waals surface area contributed by atoms with E-state index in [4.69, 9.17) is 12.2 Å². The summed E-state index contributed by atoms with van der Waals surface area (Å²) in [6.45, 7) is 2.12. The van der Waals surface area contributed by atoms with Gasteiger partial charge in [0.2, 0.25) is 0 Å². The van der Waals surface area contributed by atoms with Gasteiger partial charge >= 0.3 is 0 Å². The minimum Gasteiger partial charge on any atom is -0.357 e. The Morgan fingerprint density at radius 2 is 2.05 bits per heavy atom. The summed E-state index contributed by atoms with van der Waals surface area (Å²) in [5, 5.41) is 6.89. The molecule has 0 aliphatic rings. The van der Waals surface area contributed by atoms with Gasteiger partial charge in [-0.2, -0.15) is 0 Å². The largest absolute Gasteiger partial charge is 0.357 e. The number of halogens is 1. The van der Waals surface area contributed by atoms with Gasteiger partial charge in [-0.3, -0.25) is 15.6 Å². The number of hydrogen-bond donors (Lipinski definition) is 3. The molecule has 1 aromatic carbocycles. The number of nitrogens with zero attached hydrogens (tertiary/aromatic N) is 2. The van der Waals surface area contributed by atoms with Crippen molar-refractivity contribution in [3.8, 4) is 0 Å². The zero-order chi connectivity index (χ0) is 15.2. The maximum atomic E-state index is 12.7. The summed E-state index contributed by atoms with van der Waals surface area (Å²) >= 11 is 6.03. The maximum Gasteiger partial charge on any atom is 0.283 e. The lowest BCUT2D eigenvalue weighted by molar-refractivity contribution is 0.0947. The number of carbonyl (C=O) groups excluding carboxylic acids is 1. The van der Waals surface area contributed by atoms with Crippen LogP contribution in [0.5, 0.6) is 0 Å². The summed E-state index contributed by atoms with van der Waals surface area (Å²) in [7, 11) is 0. The van der Waals surface area contributed by atoms with Crippen molar-refractivity contribution in [2.45, 2.75) is 13.5 Å². The molecule has 0 atom stereocenters. The molecule has 6 nitrogen and oxygen atoms in total. The number of carbonyl (C=O) groups is 1. The summed E-state index contributed by atoms with van der Waals surface area (Å²) in [6, 6.07) is 6.04. The fraction of sp³-hybridized carbons (Fsp3) is 0.167. The minimum absolute atomic E-state index is 0.253. The minimum atomic E-state index is -0.353. The molecule has 0 bridgehead atoms. The number of benzene rings is 1. The SMILES string of the molecule is Cc1nnsc1C(=O)NNC(=S)NCc1ccc(F)cc1. The van der Waals surface area contributed by atoms with Crippen molar-refractivity contribution < 1.29 is 9.18 Å². The van der Waals surface area contributed by atoms with Gasteiger partial charge in [-0.1, -0.05) is 16.6 Å². The molecule has 1 aromatic heterocycles. The van der Waals surface area contributed by atoms with Crippen LogP contribution in [-0.4, -0.2) is 20.6 Å². The maximum absolute atomic E-state index is 12.7. The molecular formula is C12H12FN5OS2. The molecule has 3 N–H and O–H groups in total. The molecule has 2 aromatic rings. The number of nitrogens with one attached hydrogen (secondary N) is 3. The monoisotopic (exact) mass is 325 g/mol. The average Bonchev–Trinajstić information content (AvgIpc) is 2.90. The molecule has 0 fully saturated rings. The fourth-order valence-electron chi connectivity index (χ4n) is 1.44. The van der Waals surface area contributed by atoms with E-state index in [1.54, 1.807) is 19.1 Å². The van der Waals surface area contributed by atoms with Crippen LogP contribution in [0.2, 0.25) is 0 Å². The number of hydrazine groups is 1. The van der Waals surface area contributed by atoms with Crippen LogP contribution in [-0.2, 0) is 6.54 Å². The van der Waals surface area contributed by atoms with E-state index >= 15 is 0 Å². The molecule has 0 unspecified atom stereocenters. The van der Waals surface area contributed by atoms with Gasteiger partial charge in [0.15, 0.2) is 5.11 Å². The Morgan fingerprint density at radius 1 is 1.33 bits per heavy atom. The van der Waals surface area contributed by atoms with Gasteiger partial charge in [-0.05, 0) is 48.4 Å². The third-order valence-electron chi connectivity index (χ3n) is 2.51. The average molecular weight is 325 g/mol. The highest BCUT2D eigenvalue weighted by Crippen LogP contribution is 2.07. The number of thiocarbonyl (C=S) groups is 1. The van der Waals surface area contributed by atoms with Gasteiger partial charge in [0.1, 0.15) is 10.7 Å². The van der Waals surface area contributed by atoms with Crippen LogP contribution in [0, 0.1) is 12.7 Å². The molecule has 1 heterocycles. The van der Waals surface area contributed by atoms with Gasteiger partial charge in [-0.15, -0.1) is 5.10 Å². The van der Waals surface area contributed by atoms with E-state index in [0.717, 1.165) is 17.1 Å². The molecule has 2 rings (SSSR count). The van der Waals surface area contributed by atoms with Crippen molar-refractivity contribution in [2.75, 3.05) is 0 Å². The van der Waals surface area contributed by atoms with Crippen LogP contribution in [0.4, 0.5) is 4.39 Å². The number of aromatic nitrogens is 2. The molecule has 0 saturated carbocycles. The lowest BCUT2D eigenvalue weighted by Gasteiger charge is -2.11. The molecule has 0 aliphatic carbocycles. The smallest absolute Gasteiger partial charge is 0.283 e. The normalized spacial score (nSPS) is 10.0. The Morgan fingerprint density at radius 3 is 2.67 bits per heavy atom. The van der Waals surface area contributed by atoms with Gasteiger partial charge in [0.05, 0.1) is 5.69 Å². The quantitative estimate of drug-likeness (QED) is 0.583. The van der Waals surface area contributed by atoms with Gasteiger partial charge < -0.3 is 5.32 Å². The topological polar surface area (TPSA) is 78.9 Å². The van der Waals surface area contributed by atoms with Crippen molar-refractivity contribution in [2.24, 2.45) is 0 Å². The van der Waals surface area contributed by atoms with E-state index in [1.807, 2.05) is 0 Å². The zero-order valence-electron chi connectivity index (χ0n) is 11.0. The number of hydrogen-bond acceptors (Lipinski definition) is 5. The molecule has 0 saturated heterocycles. The van der Waals surface area contributed by atoms with Gasteiger partial charge in [0, 0.05) is 6.54 Å². The Bertz CT molecular complexity index is 643. The summed E-state index contributed by atoms with van der Waals surface area (Å²) in [6.07, 6.45) is 0. The van der Waals surface area contributed by atoms with Crippen LogP contribution >= 0.6 is 23.8 Å². The summed E-state index contributed by atoms with van der Waals surface area (Å²) in [5.74, 6) is -0.645. The predicted molar refractivity (Wildman–Crippen MR) is 81.1 cm³/mol. The van der Waals surface area contributed by atoms with Crippen LogP contribution < -0.4 is 16.2 Å². The molecule has 21 heavy (non-hydrogen) atoms. The second kappa shape index (κ2) is 7.04. The van der Waals surface area contributed by atoms with Crippen molar-refractivity contribution in [3.05, 3.63) is 46.2 Å². The Hall–Kier alpha value is -2.13. The Kier molecular flexibility index (Phi) is 5.12. The Balaban J connectivity index is 1.76. The molecule has 9 heteroatoms. The third kappa shape index (κ3) is 4.43. The van der Waals surface area contributed by atoms with E-state index in [2.05, 4.69) is 25.8 Å². The van der Waals surface area contributed by atoms with E-state index < -0.39 is 0 Å². The highest BCUT2D eigenvalue weighted by atomic mass is 32.1. The first-order valence-electron chi connectivity index (χ1n) is 5.94. The second-order valence-electron chi connectivity index (χ2n) is 4.08. The number of aryl methyl sites for hydroxylation is 1. The van der Waals surface area contributed by atoms with E-state index in [0.29, 0.717) is 17.1 Å². The highest BCUT2D eigenvalue weighted by Gasteiger charge is 2.12. The molecule has 0 radical (unpaired) electrons. The first kappa shape index (κ1) is 15.3. The Labute approximate surface area is 129 Å². The first-order valence-corrected chi connectivity index (χ1v) is 7.12. The zero-order valence-corrected chi connectivity index (χ0v) is 12.6. The van der Waals surface area contributed by atoms with Crippen molar-refractivity contribution in [1.82, 2.24) is 25.8 Å². The van der Waals surface area contributed by atoms with E-state index in [9.17, 15) is 9.18 Å². The van der Waals surface area contributed by atoms with Crippen LogP contribution in [0.3, 0.4) is 0 Å². The summed E-state index contributed by atoms with van der Waals surface area (Å²) in [5.41, 5.74) is 6.46. The molecule has 1 amide bonds.